The Kier molecular flexibility index (Phi) is 7.76. The minimum atomic E-state index is -0.0188. The van der Waals surface area contributed by atoms with Gasteiger partial charge in [0, 0.05) is 82.9 Å². The summed E-state index contributed by atoms with van der Waals surface area (Å²) in [5, 5.41) is 13.9. The minimum absolute atomic E-state index is 0.0188. The van der Waals surface area contributed by atoms with Gasteiger partial charge in [-0.15, -0.1) is 0 Å². The molecule has 1 aliphatic carbocycles. The number of nitrogens with one attached hydrogen (secondary N) is 1. The van der Waals surface area contributed by atoms with Crippen LogP contribution in [0.2, 0.25) is 5.02 Å². The molecule has 1 saturated carbocycles. The van der Waals surface area contributed by atoms with E-state index in [2.05, 4.69) is 16.3 Å². The van der Waals surface area contributed by atoms with Crippen LogP contribution in [0.25, 0.3) is 22.4 Å². The highest BCUT2D eigenvalue weighted by Crippen LogP contribution is 2.55. The predicted octanol–water partition coefficient (Wildman–Crippen LogP) is 5.06. The molecular formula is C31H36ClN7O2. The van der Waals surface area contributed by atoms with Crippen LogP contribution in [-0.4, -0.2) is 66.4 Å². The van der Waals surface area contributed by atoms with E-state index in [-0.39, 0.29) is 17.4 Å². The Bertz CT molecular complexity index is 1560. The van der Waals surface area contributed by atoms with Crippen LogP contribution in [0.1, 0.15) is 41.3 Å². The molecule has 5 N–H and O–H groups in total. The number of aliphatic imine (C=N–C) groups is 1. The Morgan fingerprint density at radius 3 is 2.63 bits per heavy atom. The van der Waals surface area contributed by atoms with Gasteiger partial charge in [-0.3, -0.25) is 14.5 Å². The highest BCUT2D eigenvalue weighted by molar-refractivity contribution is 6.35. The molecule has 3 aromatic rings. The summed E-state index contributed by atoms with van der Waals surface area (Å²) < 4.78 is 7.18. The summed E-state index contributed by atoms with van der Waals surface area (Å²) in [6.07, 6.45) is 6.24. The van der Waals surface area contributed by atoms with E-state index in [4.69, 9.17) is 38.3 Å². The van der Waals surface area contributed by atoms with Gasteiger partial charge in [0.1, 0.15) is 5.69 Å². The monoisotopic (exact) mass is 573 g/mol. The number of aromatic nitrogens is 2. The zero-order valence-corrected chi connectivity index (χ0v) is 24.5. The lowest BCUT2D eigenvalue weighted by Crippen LogP contribution is -2.63. The van der Waals surface area contributed by atoms with Crippen molar-refractivity contribution >= 4 is 41.3 Å². The van der Waals surface area contributed by atoms with Crippen molar-refractivity contribution in [3.63, 3.8) is 0 Å². The Hall–Kier alpha value is -3.95. The standard InChI is InChI=1S/C31H36ClN7O2/c1-5-26(40)38-16-31(17-38)12-22(13-31)39-19(3)27(28-23(14-33)25(35)10-18(2)29(28)32)30(37-39)20-6-7-24(34)21(11-20)15-36-8-9-41-4/h5-7,10-11,14-15,22,33H,1,8-9,12-13,16-17,34-35H2,2-4H3. The number of methoxy groups -OCH3 is 1. The summed E-state index contributed by atoms with van der Waals surface area (Å²) in [5.41, 5.74) is 20.2. The molecule has 1 amide bonds. The average molecular weight is 574 g/mol. The average Bonchev–Trinajstić information content (AvgIpc) is 3.23. The molecule has 1 aliphatic heterocycles. The van der Waals surface area contributed by atoms with Gasteiger partial charge in [0.25, 0.3) is 0 Å². The van der Waals surface area contributed by atoms with Crippen LogP contribution in [0.15, 0.2) is 41.9 Å². The van der Waals surface area contributed by atoms with E-state index in [1.807, 2.05) is 36.9 Å². The van der Waals surface area contributed by atoms with Gasteiger partial charge in [0.05, 0.1) is 24.2 Å². The molecule has 0 bridgehead atoms. The molecule has 2 fully saturated rings. The number of hydrogen-bond acceptors (Lipinski definition) is 7. The first-order valence-corrected chi connectivity index (χ1v) is 14.0. The number of halogens is 1. The second-order valence-corrected chi connectivity index (χ2v) is 11.5. The number of aryl methyl sites for hydroxylation is 1. The maximum atomic E-state index is 12.0. The second-order valence-electron chi connectivity index (χ2n) is 11.1. The molecule has 2 heterocycles. The number of rotatable bonds is 9. The number of nitrogen functional groups attached to an aromatic ring is 2. The van der Waals surface area contributed by atoms with E-state index >= 15 is 0 Å². The van der Waals surface area contributed by atoms with Crippen molar-refractivity contribution in [3.05, 3.63) is 64.3 Å². The Balaban J connectivity index is 1.60. The maximum absolute atomic E-state index is 12.0. The van der Waals surface area contributed by atoms with Crippen molar-refractivity contribution < 1.29 is 9.53 Å². The molecule has 0 radical (unpaired) electrons. The molecule has 5 rings (SSSR count). The van der Waals surface area contributed by atoms with Crippen LogP contribution >= 0.6 is 11.6 Å². The van der Waals surface area contributed by atoms with Gasteiger partial charge in [-0.1, -0.05) is 24.2 Å². The molecule has 41 heavy (non-hydrogen) atoms. The van der Waals surface area contributed by atoms with Gasteiger partial charge < -0.3 is 26.5 Å². The summed E-state index contributed by atoms with van der Waals surface area (Å²) in [6, 6.07) is 7.75. The summed E-state index contributed by atoms with van der Waals surface area (Å²) in [4.78, 5) is 18.3. The molecular weight excluding hydrogens is 538 g/mol. The molecule has 9 nitrogen and oxygen atoms in total. The predicted molar refractivity (Wildman–Crippen MR) is 166 cm³/mol. The van der Waals surface area contributed by atoms with Crippen LogP contribution in [0.3, 0.4) is 0 Å². The van der Waals surface area contributed by atoms with E-state index in [1.54, 1.807) is 19.4 Å². The molecule has 0 unspecified atom stereocenters. The first-order valence-electron chi connectivity index (χ1n) is 13.6. The fourth-order valence-corrected chi connectivity index (χ4v) is 6.42. The van der Waals surface area contributed by atoms with Gasteiger partial charge in [-0.05, 0) is 56.5 Å². The third-order valence-corrected chi connectivity index (χ3v) is 8.79. The van der Waals surface area contributed by atoms with Crippen LogP contribution in [-0.2, 0) is 9.53 Å². The Labute approximate surface area is 245 Å². The number of anilines is 2. The van der Waals surface area contributed by atoms with Gasteiger partial charge in [-0.2, -0.15) is 5.10 Å². The third kappa shape index (κ3) is 5.04. The largest absolute Gasteiger partial charge is 0.398 e. The van der Waals surface area contributed by atoms with E-state index in [1.165, 1.54) is 12.3 Å². The lowest BCUT2D eigenvalue weighted by molar-refractivity contribution is -0.149. The van der Waals surface area contributed by atoms with Crippen molar-refractivity contribution in [3.8, 4) is 22.4 Å². The van der Waals surface area contributed by atoms with Gasteiger partial charge in [0.15, 0.2) is 0 Å². The number of likely N-dealkylation sites (tertiary alicyclic amines) is 1. The molecule has 2 aromatic carbocycles. The fraction of sp³-hybridized carbons (Fsp3) is 0.355. The molecule has 10 heteroatoms. The number of amides is 1. The van der Waals surface area contributed by atoms with Gasteiger partial charge >= 0.3 is 0 Å². The summed E-state index contributed by atoms with van der Waals surface area (Å²) >= 11 is 6.95. The molecule has 1 aromatic heterocycles. The summed E-state index contributed by atoms with van der Waals surface area (Å²) in [6.45, 7) is 10.1. The second kappa shape index (κ2) is 11.1. The number of ether oxygens (including phenoxy) is 1. The van der Waals surface area contributed by atoms with Crippen molar-refractivity contribution in [2.24, 2.45) is 10.4 Å². The molecule has 1 spiro atoms. The molecule has 214 valence electrons. The normalized spacial score (nSPS) is 16.1. The number of nitrogens with zero attached hydrogens (tertiary/aromatic N) is 4. The van der Waals surface area contributed by atoms with E-state index in [0.717, 1.165) is 59.6 Å². The van der Waals surface area contributed by atoms with E-state index in [0.29, 0.717) is 40.7 Å². The van der Waals surface area contributed by atoms with Gasteiger partial charge in [0.2, 0.25) is 5.91 Å². The molecule has 2 aliphatic rings. The molecule has 1 saturated heterocycles. The minimum Gasteiger partial charge on any atom is -0.398 e. The van der Waals surface area contributed by atoms with Crippen molar-refractivity contribution in [1.82, 2.24) is 14.7 Å². The smallest absolute Gasteiger partial charge is 0.245 e. The number of hydrogen-bond donors (Lipinski definition) is 3. The maximum Gasteiger partial charge on any atom is 0.245 e. The summed E-state index contributed by atoms with van der Waals surface area (Å²) in [5.74, 6) is -0.0188. The van der Waals surface area contributed by atoms with Crippen LogP contribution < -0.4 is 11.5 Å². The number of nitrogens with two attached hydrogens (primary N) is 2. The Morgan fingerprint density at radius 1 is 1.24 bits per heavy atom. The highest BCUT2D eigenvalue weighted by Gasteiger charge is 2.54. The topological polar surface area (TPSA) is 136 Å². The van der Waals surface area contributed by atoms with Crippen molar-refractivity contribution in [2.75, 3.05) is 44.8 Å². The van der Waals surface area contributed by atoms with Gasteiger partial charge in [-0.25, -0.2) is 0 Å². The first kappa shape index (κ1) is 28.6. The fourth-order valence-electron chi connectivity index (χ4n) is 6.17. The first-order chi connectivity index (χ1) is 19.6. The quantitative estimate of drug-likeness (QED) is 0.142. The number of carbonyl (C=O) groups is 1. The third-order valence-electron chi connectivity index (χ3n) is 8.30. The van der Waals surface area contributed by atoms with Crippen molar-refractivity contribution in [2.45, 2.75) is 32.7 Å². The number of carbonyl (C=O) groups excluding carboxylic acids is 1. The van der Waals surface area contributed by atoms with Crippen LogP contribution in [0.4, 0.5) is 11.4 Å². The van der Waals surface area contributed by atoms with Crippen LogP contribution in [0, 0.1) is 24.7 Å². The van der Waals surface area contributed by atoms with E-state index < -0.39 is 0 Å². The Morgan fingerprint density at radius 2 is 1.98 bits per heavy atom. The lowest BCUT2D eigenvalue weighted by Gasteiger charge is -2.58. The summed E-state index contributed by atoms with van der Waals surface area (Å²) in [7, 11) is 1.64. The zero-order valence-electron chi connectivity index (χ0n) is 23.7. The van der Waals surface area contributed by atoms with Crippen molar-refractivity contribution in [1.29, 1.82) is 5.41 Å². The number of benzene rings is 2. The van der Waals surface area contributed by atoms with Crippen LogP contribution in [0.5, 0.6) is 0 Å². The highest BCUT2D eigenvalue weighted by atomic mass is 35.5. The molecule has 0 atom stereocenters. The van der Waals surface area contributed by atoms with E-state index in [9.17, 15) is 4.79 Å². The SMILES string of the molecule is C=CC(=O)N1CC2(CC(n3nc(-c4ccc(N)c(C=NCCOC)c4)c(-c4c(Cl)c(C)cc(N)c4C=N)c3C)C2)C1. The lowest BCUT2D eigenvalue weighted by atomic mass is 9.60. The zero-order chi connectivity index (χ0) is 29.5.